The number of carbonyl (C=O) groups is 1. The third-order valence-electron chi connectivity index (χ3n) is 5.72. The first kappa shape index (κ1) is 22.2. The smallest absolute Gasteiger partial charge is 0.243 e. The quantitative estimate of drug-likeness (QED) is 0.560. The lowest BCUT2D eigenvalue weighted by Gasteiger charge is -2.27. The summed E-state index contributed by atoms with van der Waals surface area (Å²) in [6.45, 7) is 3.48. The average Bonchev–Trinajstić information content (AvgIpc) is 3.10. The summed E-state index contributed by atoms with van der Waals surface area (Å²) < 4.78 is 41.5. The summed E-state index contributed by atoms with van der Waals surface area (Å²) >= 11 is 0. The van der Waals surface area contributed by atoms with Crippen molar-refractivity contribution in [3.8, 4) is 0 Å². The van der Waals surface area contributed by atoms with E-state index in [4.69, 9.17) is 0 Å². The van der Waals surface area contributed by atoms with Crippen LogP contribution in [-0.2, 0) is 27.8 Å². The van der Waals surface area contributed by atoms with Crippen molar-refractivity contribution in [2.75, 3.05) is 11.4 Å². The van der Waals surface area contributed by atoms with Crippen molar-refractivity contribution in [1.29, 1.82) is 0 Å². The number of nitrogens with zero attached hydrogens (tertiary/aromatic N) is 2. The number of amides is 1. The van der Waals surface area contributed by atoms with Crippen LogP contribution in [-0.4, -0.2) is 31.2 Å². The predicted octanol–water partition coefficient (Wildman–Crippen LogP) is 4.30. The van der Waals surface area contributed by atoms with Crippen LogP contribution < -0.4 is 4.90 Å². The molecule has 1 atom stereocenters. The highest BCUT2D eigenvalue weighted by molar-refractivity contribution is 7.89. The lowest BCUT2D eigenvalue weighted by Crippen LogP contribution is -2.44. The van der Waals surface area contributed by atoms with E-state index in [1.807, 2.05) is 38.1 Å². The first-order valence-corrected chi connectivity index (χ1v) is 11.9. The molecule has 0 unspecified atom stereocenters. The molecule has 1 heterocycles. The van der Waals surface area contributed by atoms with E-state index < -0.39 is 15.8 Å². The van der Waals surface area contributed by atoms with Gasteiger partial charge in [0.25, 0.3) is 0 Å². The van der Waals surface area contributed by atoms with Crippen LogP contribution in [0.15, 0.2) is 77.7 Å². The Hall–Kier alpha value is -3.03. The molecule has 0 spiro atoms. The monoisotopic (exact) mass is 452 g/mol. The number of sulfonamides is 1. The third kappa shape index (κ3) is 4.45. The largest absolute Gasteiger partial charge is 0.308 e. The van der Waals surface area contributed by atoms with E-state index in [1.165, 1.54) is 28.6 Å². The Morgan fingerprint density at radius 1 is 1.03 bits per heavy atom. The molecule has 3 aromatic rings. The Morgan fingerprint density at radius 2 is 1.69 bits per heavy atom. The summed E-state index contributed by atoms with van der Waals surface area (Å²) in [4.78, 5) is 15.2. The van der Waals surface area contributed by atoms with Gasteiger partial charge in [-0.3, -0.25) is 4.79 Å². The molecule has 1 amide bonds. The van der Waals surface area contributed by atoms with Crippen molar-refractivity contribution in [3.63, 3.8) is 0 Å². The number of anilines is 1. The Balaban J connectivity index is 1.67. The van der Waals surface area contributed by atoms with Gasteiger partial charge in [0.2, 0.25) is 15.9 Å². The molecular formula is C25H25FN2O3S. The maximum absolute atomic E-state index is 13.5. The molecule has 0 fully saturated rings. The molecule has 0 aromatic heterocycles. The number of para-hydroxylation sites is 1. The second-order valence-corrected chi connectivity index (χ2v) is 10.1. The number of hydrogen-bond donors (Lipinski definition) is 0. The van der Waals surface area contributed by atoms with Gasteiger partial charge in [0, 0.05) is 18.3 Å². The van der Waals surface area contributed by atoms with Gasteiger partial charge in [-0.1, -0.05) is 48.0 Å². The molecule has 166 valence electrons. The normalized spacial score (nSPS) is 15.8. The van der Waals surface area contributed by atoms with Crippen molar-refractivity contribution < 1.29 is 17.6 Å². The summed E-state index contributed by atoms with van der Waals surface area (Å²) in [6.07, 6.45) is 0.727. The Bertz CT molecular complexity index is 1220. The maximum atomic E-state index is 13.5. The van der Waals surface area contributed by atoms with Crippen molar-refractivity contribution in [1.82, 2.24) is 4.31 Å². The number of benzene rings is 3. The number of hydrogen-bond acceptors (Lipinski definition) is 3. The van der Waals surface area contributed by atoms with Crippen LogP contribution >= 0.6 is 0 Å². The third-order valence-corrected chi connectivity index (χ3v) is 7.52. The Morgan fingerprint density at radius 3 is 2.38 bits per heavy atom. The molecule has 0 N–H and O–H groups in total. The Kier molecular flexibility index (Phi) is 6.13. The number of fused-ring (bicyclic) bond motifs is 1. The summed E-state index contributed by atoms with van der Waals surface area (Å²) in [6, 6.07) is 19.8. The van der Waals surface area contributed by atoms with Crippen LogP contribution in [0.5, 0.6) is 0 Å². The van der Waals surface area contributed by atoms with E-state index >= 15 is 0 Å². The number of halogens is 1. The molecule has 32 heavy (non-hydrogen) atoms. The van der Waals surface area contributed by atoms with Gasteiger partial charge in [-0.25, -0.2) is 12.8 Å². The van der Waals surface area contributed by atoms with E-state index in [1.54, 1.807) is 29.2 Å². The molecule has 0 radical (unpaired) electrons. The molecule has 0 bridgehead atoms. The number of rotatable bonds is 6. The molecule has 0 saturated heterocycles. The first-order chi connectivity index (χ1) is 15.3. The van der Waals surface area contributed by atoms with Crippen molar-refractivity contribution in [3.05, 3.63) is 95.3 Å². The van der Waals surface area contributed by atoms with Gasteiger partial charge in [0.15, 0.2) is 0 Å². The zero-order valence-electron chi connectivity index (χ0n) is 18.0. The molecule has 1 aliphatic rings. The maximum Gasteiger partial charge on any atom is 0.243 e. The minimum Gasteiger partial charge on any atom is -0.308 e. The fourth-order valence-corrected chi connectivity index (χ4v) is 5.43. The second-order valence-electron chi connectivity index (χ2n) is 8.16. The summed E-state index contributed by atoms with van der Waals surface area (Å²) in [5.74, 6) is -0.694. The SMILES string of the molecule is Cc1ccc(S(=O)(=O)N(CC(=O)N2c3ccccc3C[C@H]2C)Cc2ccc(F)cc2)cc1. The summed E-state index contributed by atoms with van der Waals surface area (Å²) in [5, 5.41) is 0. The number of carbonyl (C=O) groups excluding carboxylic acids is 1. The number of aryl methyl sites for hydroxylation is 1. The van der Waals surface area contributed by atoms with E-state index in [0.29, 0.717) is 5.56 Å². The van der Waals surface area contributed by atoms with Crippen molar-refractivity contribution in [2.45, 2.75) is 37.8 Å². The lowest BCUT2D eigenvalue weighted by atomic mass is 10.1. The van der Waals surface area contributed by atoms with E-state index in [-0.39, 0.29) is 29.9 Å². The first-order valence-electron chi connectivity index (χ1n) is 10.5. The molecule has 5 nitrogen and oxygen atoms in total. The highest BCUT2D eigenvalue weighted by atomic mass is 32.2. The van der Waals surface area contributed by atoms with Crippen LogP contribution in [0.3, 0.4) is 0 Å². The van der Waals surface area contributed by atoms with Gasteiger partial charge in [-0.05, 0) is 61.7 Å². The molecule has 1 aliphatic heterocycles. The zero-order chi connectivity index (χ0) is 22.9. The summed E-state index contributed by atoms with van der Waals surface area (Å²) in [7, 11) is -3.95. The van der Waals surface area contributed by atoms with Gasteiger partial charge >= 0.3 is 0 Å². The molecule has 0 saturated carbocycles. The Labute approximate surface area is 188 Å². The van der Waals surface area contributed by atoms with Crippen LogP contribution in [0.1, 0.15) is 23.6 Å². The highest BCUT2D eigenvalue weighted by Gasteiger charge is 2.34. The molecule has 3 aromatic carbocycles. The standard InChI is InChI=1S/C25H25FN2O3S/c1-18-7-13-23(14-8-18)32(30,31)27(16-20-9-11-22(26)12-10-20)17-25(29)28-19(2)15-21-5-3-4-6-24(21)28/h3-14,19H,15-17H2,1-2H3/t19-/m1/s1. The zero-order valence-corrected chi connectivity index (χ0v) is 18.8. The van der Waals surface area contributed by atoms with Crippen LogP contribution in [0, 0.1) is 12.7 Å². The predicted molar refractivity (Wildman–Crippen MR) is 122 cm³/mol. The van der Waals surface area contributed by atoms with Crippen LogP contribution in [0.2, 0.25) is 0 Å². The topological polar surface area (TPSA) is 57.7 Å². The van der Waals surface area contributed by atoms with E-state index in [9.17, 15) is 17.6 Å². The fourth-order valence-electron chi connectivity index (χ4n) is 4.05. The summed E-state index contributed by atoms with van der Waals surface area (Å²) in [5.41, 5.74) is 3.43. The van der Waals surface area contributed by atoms with Gasteiger partial charge < -0.3 is 4.90 Å². The average molecular weight is 453 g/mol. The van der Waals surface area contributed by atoms with Gasteiger partial charge in [-0.2, -0.15) is 4.31 Å². The van der Waals surface area contributed by atoms with Gasteiger partial charge in [-0.15, -0.1) is 0 Å². The van der Waals surface area contributed by atoms with Crippen LogP contribution in [0.4, 0.5) is 10.1 Å². The van der Waals surface area contributed by atoms with E-state index in [0.717, 1.165) is 23.2 Å². The van der Waals surface area contributed by atoms with Gasteiger partial charge in [0.1, 0.15) is 5.82 Å². The molecule has 0 aliphatic carbocycles. The lowest BCUT2D eigenvalue weighted by molar-refractivity contribution is -0.119. The molecule has 4 rings (SSSR count). The second kappa shape index (κ2) is 8.84. The fraction of sp³-hybridized carbons (Fsp3) is 0.240. The van der Waals surface area contributed by atoms with E-state index in [2.05, 4.69) is 0 Å². The van der Waals surface area contributed by atoms with Crippen molar-refractivity contribution >= 4 is 21.6 Å². The van der Waals surface area contributed by atoms with Crippen LogP contribution in [0.25, 0.3) is 0 Å². The minimum atomic E-state index is -3.95. The molecular weight excluding hydrogens is 427 g/mol. The molecule has 7 heteroatoms. The highest BCUT2D eigenvalue weighted by Crippen LogP contribution is 2.32. The van der Waals surface area contributed by atoms with Gasteiger partial charge in [0.05, 0.1) is 11.4 Å². The minimum absolute atomic E-state index is 0.0356. The van der Waals surface area contributed by atoms with Crippen molar-refractivity contribution in [2.24, 2.45) is 0 Å².